The summed E-state index contributed by atoms with van der Waals surface area (Å²) in [4.78, 5) is -1.16. The Morgan fingerprint density at radius 3 is 1.26 bits per heavy atom. The van der Waals surface area contributed by atoms with Gasteiger partial charge in [0, 0.05) is 22.5 Å². The quantitative estimate of drug-likeness (QED) is 0.438. The van der Waals surface area contributed by atoms with Crippen molar-refractivity contribution < 1.29 is 31.4 Å². The lowest BCUT2D eigenvalue weighted by Crippen LogP contribution is -2.06. The third-order valence-corrected chi connectivity index (χ3v) is 4.64. The van der Waals surface area contributed by atoms with Crippen molar-refractivity contribution in [2.75, 3.05) is 11.5 Å². The topological polar surface area (TPSA) is 192 Å². The molecule has 0 amide bonds. The van der Waals surface area contributed by atoms with Crippen molar-refractivity contribution in [3.63, 3.8) is 0 Å². The first-order valence-electron chi connectivity index (χ1n) is 5.74. The van der Waals surface area contributed by atoms with Gasteiger partial charge in [0.1, 0.15) is 9.79 Å². The molecule has 0 unspecified atom stereocenters. The highest BCUT2D eigenvalue weighted by Crippen LogP contribution is 2.34. The molecule has 0 saturated carbocycles. The van der Waals surface area contributed by atoms with Crippen LogP contribution in [0.1, 0.15) is 0 Å². The van der Waals surface area contributed by atoms with Crippen molar-refractivity contribution in [2.24, 2.45) is 0 Å². The smallest absolute Gasteiger partial charge is 0.295 e. The van der Waals surface area contributed by atoms with E-state index in [0.29, 0.717) is 0 Å². The van der Waals surface area contributed by atoms with E-state index in [1.807, 2.05) is 0 Å². The van der Waals surface area contributed by atoms with Gasteiger partial charge in [0.25, 0.3) is 20.2 Å². The van der Waals surface area contributed by atoms with E-state index in [0.717, 1.165) is 12.1 Å². The molecule has 0 aliphatic heterocycles. The van der Waals surface area contributed by atoms with Gasteiger partial charge in [-0.3, -0.25) is 9.11 Å². The van der Waals surface area contributed by atoms with Crippen LogP contribution in [-0.2, 0) is 20.2 Å². The Labute approximate surface area is 132 Å². The van der Waals surface area contributed by atoms with Crippen LogP contribution in [0.3, 0.4) is 0 Å². The molecule has 0 fully saturated rings. The maximum atomic E-state index is 11.5. The molecule has 0 bridgehead atoms. The second kappa shape index (κ2) is 6.14. The van der Waals surface area contributed by atoms with Crippen LogP contribution in [0.25, 0.3) is 11.1 Å². The van der Waals surface area contributed by atoms with E-state index in [4.69, 9.17) is 11.5 Å². The van der Waals surface area contributed by atoms with Gasteiger partial charge in [-0.15, -0.1) is 0 Å². The summed E-state index contributed by atoms with van der Waals surface area (Å²) in [6.07, 6.45) is 0. The van der Waals surface area contributed by atoms with E-state index in [-0.39, 0.29) is 28.0 Å². The summed E-state index contributed by atoms with van der Waals surface area (Å²) < 4.78 is 64.4. The Balaban J connectivity index is 0.00000264. The summed E-state index contributed by atoms with van der Waals surface area (Å²) >= 11 is 0. The van der Waals surface area contributed by atoms with E-state index < -0.39 is 30.0 Å². The maximum Gasteiger partial charge on any atom is 0.295 e. The number of nitrogens with two attached hydrogens (primary N) is 2. The Hall–Kier alpha value is -2.18. The zero-order valence-corrected chi connectivity index (χ0v) is 13.1. The zero-order chi connectivity index (χ0) is 16.7. The van der Waals surface area contributed by atoms with Gasteiger partial charge < -0.3 is 16.9 Å². The highest BCUT2D eigenvalue weighted by atomic mass is 32.2. The molecule has 0 spiro atoms. The van der Waals surface area contributed by atoms with Crippen LogP contribution < -0.4 is 11.5 Å². The molecule has 0 radical (unpaired) electrons. The van der Waals surface area contributed by atoms with Crippen LogP contribution in [-0.4, -0.2) is 31.4 Å². The molecule has 2 aromatic carbocycles. The second-order valence-corrected chi connectivity index (χ2v) is 7.24. The fourth-order valence-electron chi connectivity index (χ4n) is 1.95. The van der Waals surface area contributed by atoms with Gasteiger partial charge in [-0.25, -0.2) is 0 Å². The summed E-state index contributed by atoms with van der Waals surface area (Å²) in [6.45, 7) is 0. The molecule has 0 aliphatic carbocycles. The van der Waals surface area contributed by atoms with Gasteiger partial charge in [-0.1, -0.05) is 12.1 Å². The third-order valence-electron chi connectivity index (χ3n) is 2.86. The second-order valence-electron chi connectivity index (χ2n) is 4.46. The number of rotatable bonds is 3. The number of benzene rings is 2. The van der Waals surface area contributed by atoms with Crippen LogP contribution in [0.4, 0.5) is 11.4 Å². The van der Waals surface area contributed by atoms with Gasteiger partial charge in [0.2, 0.25) is 0 Å². The summed E-state index contributed by atoms with van der Waals surface area (Å²) in [5, 5.41) is 0. The standard InChI is InChI=1S/C12H12N2O6S2.H2O/c13-7-1-3-9(11(5-7)21(15,16)17)10-4-2-8(14)6-12(10)22(18,19)20;/h1-6H,13-14H2,(H,15,16,17)(H,18,19,20);1H2. The molecule has 0 atom stereocenters. The van der Waals surface area contributed by atoms with Crippen molar-refractivity contribution in [1.29, 1.82) is 0 Å². The highest BCUT2D eigenvalue weighted by Gasteiger charge is 2.23. The van der Waals surface area contributed by atoms with Crippen molar-refractivity contribution in [3.05, 3.63) is 36.4 Å². The van der Waals surface area contributed by atoms with Crippen molar-refractivity contribution in [3.8, 4) is 11.1 Å². The molecule has 11 heteroatoms. The number of anilines is 2. The van der Waals surface area contributed by atoms with E-state index in [1.165, 1.54) is 24.3 Å². The Kier molecular flexibility index (Phi) is 5.03. The first-order valence-corrected chi connectivity index (χ1v) is 8.62. The van der Waals surface area contributed by atoms with Crippen LogP contribution in [0.15, 0.2) is 46.2 Å². The Morgan fingerprint density at radius 1 is 0.696 bits per heavy atom. The maximum absolute atomic E-state index is 11.5. The van der Waals surface area contributed by atoms with E-state index in [2.05, 4.69) is 0 Å². The molecule has 0 saturated heterocycles. The summed E-state index contributed by atoms with van der Waals surface area (Å²) in [5.74, 6) is 0. The predicted octanol–water partition coefficient (Wildman–Crippen LogP) is 0.187. The van der Waals surface area contributed by atoms with Crippen molar-refractivity contribution in [2.45, 2.75) is 9.79 Å². The number of nitrogen functional groups attached to an aromatic ring is 2. The highest BCUT2D eigenvalue weighted by molar-refractivity contribution is 7.86. The van der Waals surface area contributed by atoms with Gasteiger partial charge in [0.15, 0.2) is 0 Å². The van der Waals surface area contributed by atoms with Gasteiger partial charge in [-0.05, 0) is 24.3 Å². The van der Waals surface area contributed by atoms with Crippen LogP contribution in [0, 0.1) is 0 Å². The molecule has 2 rings (SSSR count). The third kappa shape index (κ3) is 3.97. The lowest BCUT2D eigenvalue weighted by Gasteiger charge is -2.12. The molecule has 0 aliphatic rings. The Morgan fingerprint density at radius 2 is 1.00 bits per heavy atom. The number of hydrogen-bond acceptors (Lipinski definition) is 6. The fraction of sp³-hybridized carbons (Fsp3) is 0. The Bertz CT molecular complexity index is 874. The average molecular weight is 362 g/mol. The van der Waals surface area contributed by atoms with E-state index in [1.54, 1.807) is 0 Å². The van der Waals surface area contributed by atoms with Crippen LogP contribution in [0.2, 0.25) is 0 Å². The van der Waals surface area contributed by atoms with Crippen LogP contribution >= 0.6 is 0 Å². The largest absolute Gasteiger partial charge is 0.412 e. The van der Waals surface area contributed by atoms with Gasteiger partial charge in [0.05, 0.1) is 0 Å². The van der Waals surface area contributed by atoms with Gasteiger partial charge >= 0.3 is 0 Å². The fourth-order valence-corrected chi connectivity index (χ4v) is 3.43. The van der Waals surface area contributed by atoms with Crippen LogP contribution in [0.5, 0.6) is 0 Å². The SMILES string of the molecule is Nc1ccc(-c2ccc(N)cc2S(=O)(=O)O)c(S(=O)(=O)O)c1.O. The average Bonchev–Trinajstić information content (AvgIpc) is 2.37. The minimum Gasteiger partial charge on any atom is -0.412 e. The molecular formula is C12H14N2O7S2. The summed E-state index contributed by atoms with van der Waals surface area (Å²) in [7, 11) is -9.33. The minimum atomic E-state index is -4.66. The zero-order valence-electron chi connectivity index (χ0n) is 11.5. The summed E-state index contributed by atoms with van der Waals surface area (Å²) in [6, 6.07) is 7.06. The molecule has 0 heterocycles. The van der Waals surface area contributed by atoms with Crippen molar-refractivity contribution in [1.82, 2.24) is 0 Å². The van der Waals surface area contributed by atoms with Gasteiger partial charge in [-0.2, -0.15) is 16.8 Å². The van der Waals surface area contributed by atoms with E-state index in [9.17, 15) is 25.9 Å². The molecule has 0 aromatic heterocycles. The normalized spacial score (nSPS) is 11.7. The lowest BCUT2D eigenvalue weighted by molar-refractivity contribution is 0.480. The number of hydrogen-bond donors (Lipinski definition) is 4. The molecule has 2 aromatic rings. The first-order chi connectivity index (χ1) is 10.00. The van der Waals surface area contributed by atoms with E-state index >= 15 is 0 Å². The predicted molar refractivity (Wildman–Crippen MR) is 83.9 cm³/mol. The molecule has 8 N–H and O–H groups in total. The lowest BCUT2D eigenvalue weighted by atomic mass is 10.0. The molecule has 9 nitrogen and oxygen atoms in total. The summed E-state index contributed by atoms with van der Waals surface area (Å²) in [5.41, 5.74) is 10.8. The molecular weight excluding hydrogens is 348 g/mol. The first kappa shape index (κ1) is 18.9. The molecule has 126 valence electrons. The minimum absolute atomic E-state index is 0. The monoisotopic (exact) mass is 362 g/mol. The van der Waals surface area contributed by atoms with Crippen molar-refractivity contribution >= 4 is 31.6 Å². The molecule has 23 heavy (non-hydrogen) atoms.